The van der Waals surface area contributed by atoms with Crippen LogP contribution in [0.3, 0.4) is 0 Å². The Kier molecular flexibility index (Phi) is 5.38. The summed E-state index contributed by atoms with van der Waals surface area (Å²) in [6.45, 7) is 3.60. The van der Waals surface area contributed by atoms with Crippen molar-refractivity contribution < 1.29 is 14.2 Å². The first-order valence-corrected chi connectivity index (χ1v) is 6.80. The van der Waals surface area contributed by atoms with Crippen LogP contribution in [0, 0.1) is 0 Å². The van der Waals surface area contributed by atoms with Crippen LogP contribution in [-0.4, -0.2) is 76.8 Å². The van der Waals surface area contributed by atoms with Gasteiger partial charge >= 0.3 is 0 Å². The summed E-state index contributed by atoms with van der Waals surface area (Å²) < 4.78 is 16.3. The van der Waals surface area contributed by atoms with Crippen LogP contribution in [0.25, 0.3) is 0 Å². The molecule has 0 spiro atoms. The van der Waals surface area contributed by atoms with E-state index in [1.54, 1.807) is 21.3 Å². The molecule has 0 aromatic heterocycles. The minimum absolute atomic E-state index is 0.176. The van der Waals surface area contributed by atoms with E-state index in [1.165, 1.54) is 12.8 Å². The fraction of sp³-hybridized carbons (Fsp3) is 1.00. The molecule has 2 aliphatic rings. The number of hydrogen-bond acceptors (Lipinski definition) is 5. The molecule has 2 fully saturated rings. The van der Waals surface area contributed by atoms with Crippen LogP contribution in [0.5, 0.6) is 0 Å². The fourth-order valence-electron chi connectivity index (χ4n) is 2.60. The second-order valence-corrected chi connectivity index (χ2v) is 5.29. The van der Waals surface area contributed by atoms with Crippen molar-refractivity contribution in [3.05, 3.63) is 0 Å². The number of hydrogen-bond donors (Lipinski definition) is 1. The lowest BCUT2D eigenvalue weighted by molar-refractivity contribution is -0.00461. The first kappa shape index (κ1) is 14.2. The molecule has 1 aliphatic heterocycles. The van der Waals surface area contributed by atoms with Gasteiger partial charge in [0.25, 0.3) is 0 Å². The number of nitrogens with one attached hydrogen (secondary N) is 1. The maximum absolute atomic E-state index is 5.48. The highest BCUT2D eigenvalue weighted by Gasteiger charge is 2.36. The van der Waals surface area contributed by atoms with Gasteiger partial charge in [-0.1, -0.05) is 0 Å². The zero-order valence-electron chi connectivity index (χ0n) is 11.7. The molecular weight excluding hydrogens is 232 g/mol. The Labute approximate surface area is 110 Å². The molecule has 3 atom stereocenters. The molecule has 1 heterocycles. The van der Waals surface area contributed by atoms with Gasteiger partial charge < -0.3 is 19.5 Å². The van der Waals surface area contributed by atoms with Crippen LogP contribution in [0.15, 0.2) is 0 Å². The van der Waals surface area contributed by atoms with Crippen molar-refractivity contribution in [1.82, 2.24) is 10.2 Å². The molecule has 3 unspecified atom stereocenters. The molecule has 1 saturated heterocycles. The lowest BCUT2D eigenvalue weighted by atomic mass is 10.2. The van der Waals surface area contributed by atoms with Crippen LogP contribution in [0.1, 0.15) is 12.8 Å². The van der Waals surface area contributed by atoms with Crippen molar-refractivity contribution in [1.29, 1.82) is 0 Å². The Balaban J connectivity index is 1.84. The van der Waals surface area contributed by atoms with Crippen LogP contribution in [-0.2, 0) is 14.2 Å². The molecular formula is C13H26N2O3. The van der Waals surface area contributed by atoms with Crippen molar-refractivity contribution in [3.8, 4) is 0 Å². The number of methoxy groups -OCH3 is 3. The number of ether oxygens (including phenoxy) is 3. The van der Waals surface area contributed by atoms with Gasteiger partial charge in [0.05, 0.1) is 18.8 Å². The van der Waals surface area contributed by atoms with Crippen LogP contribution in [0.2, 0.25) is 0 Å². The minimum Gasteiger partial charge on any atom is -0.383 e. The van der Waals surface area contributed by atoms with E-state index in [0.717, 1.165) is 32.3 Å². The standard InChI is InChI=1S/C13H26N2O3/c1-16-9-11(6-14-10-4-5-10)15-7-12(17-2)13(8-15)18-3/h10-14H,4-9H2,1-3H3. The Bertz CT molecular complexity index is 236. The maximum atomic E-state index is 5.48. The summed E-state index contributed by atoms with van der Waals surface area (Å²) in [4.78, 5) is 2.42. The normalized spacial score (nSPS) is 30.8. The van der Waals surface area contributed by atoms with E-state index in [9.17, 15) is 0 Å². The molecule has 5 nitrogen and oxygen atoms in total. The lowest BCUT2D eigenvalue weighted by Crippen LogP contribution is -2.45. The summed E-state index contributed by atoms with van der Waals surface area (Å²) in [6, 6.07) is 1.15. The predicted octanol–water partition coefficient (Wildman–Crippen LogP) is 0.0990. The van der Waals surface area contributed by atoms with Gasteiger partial charge in [-0.05, 0) is 12.8 Å². The van der Waals surface area contributed by atoms with Gasteiger partial charge in [-0.2, -0.15) is 0 Å². The largest absolute Gasteiger partial charge is 0.383 e. The zero-order chi connectivity index (χ0) is 13.0. The topological polar surface area (TPSA) is 43.0 Å². The highest BCUT2D eigenvalue weighted by atomic mass is 16.5. The minimum atomic E-state index is 0.176. The molecule has 0 radical (unpaired) electrons. The van der Waals surface area contributed by atoms with Gasteiger partial charge in [0.15, 0.2) is 0 Å². The summed E-state index contributed by atoms with van der Waals surface area (Å²) >= 11 is 0. The molecule has 2 rings (SSSR count). The van der Waals surface area contributed by atoms with Gasteiger partial charge in [-0.25, -0.2) is 0 Å². The SMILES string of the molecule is COCC(CNC1CC1)N1CC(OC)C(OC)C1. The fourth-order valence-corrected chi connectivity index (χ4v) is 2.60. The van der Waals surface area contributed by atoms with E-state index in [2.05, 4.69) is 10.2 Å². The zero-order valence-corrected chi connectivity index (χ0v) is 11.7. The highest BCUT2D eigenvalue weighted by molar-refractivity contribution is 4.91. The molecule has 1 aliphatic carbocycles. The van der Waals surface area contributed by atoms with Gasteiger partial charge in [-0.3, -0.25) is 4.90 Å². The van der Waals surface area contributed by atoms with E-state index < -0.39 is 0 Å². The summed E-state index contributed by atoms with van der Waals surface area (Å²) in [5, 5.41) is 3.58. The quantitative estimate of drug-likeness (QED) is 0.669. The van der Waals surface area contributed by atoms with E-state index in [0.29, 0.717) is 6.04 Å². The van der Waals surface area contributed by atoms with Crippen molar-refractivity contribution in [3.63, 3.8) is 0 Å². The Hall–Kier alpha value is -0.200. The van der Waals surface area contributed by atoms with Crippen molar-refractivity contribution in [2.24, 2.45) is 0 Å². The number of nitrogens with zero attached hydrogens (tertiary/aromatic N) is 1. The van der Waals surface area contributed by atoms with Gasteiger partial charge in [0.1, 0.15) is 0 Å². The third-order valence-electron chi connectivity index (χ3n) is 3.94. The van der Waals surface area contributed by atoms with Gasteiger partial charge in [0.2, 0.25) is 0 Å². The Morgan fingerprint density at radius 3 is 2.17 bits per heavy atom. The lowest BCUT2D eigenvalue weighted by Gasteiger charge is -2.27. The third kappa shape index (κ3) is 3.65. The molecule has 0 aromatic rings. The molecule has 18 heavy (non-hydrogen) atoms. The molecule has 5 heteroatoms. The first-order valence-electron chi connectivity index (χ1n) is 6.80. The second-order valence-electron chi connectivity index (χ2n) is 5.29. The molecule has 0 amide bonds. The molecule has 1 N–H and O–H groups in total. The van der Waals surface area contributed by atoms with Crippen molar-refractivity contribution >= 4 is 0 Å². The maximum Gasteiger partial charge on any atom is 0.0971 e. The summed E-state index contributed by atoms with van der Waals surface area (Å²) in [7, 11) is 5.28. The molecule has 0 bridgehead atoms. The molecule has 1 saturated carbocycles. The summed E-state index contributed by atoms with van der Waals surface area (Å²) in [5.74, 6) is 0. The monoisotopic (exact) mass is 258 g/mol. The van der Waals surface area contributed by atoms with Crippen LogP contribution >= 0.6 is 0 Å². The number of likely N-dealkylation sites (tertiary alicyclic amines) is 1. The van der Waals surface area contributed by atoms with E-state index in [1.807, 2.05) is 0 Å². The average molecular weight is 258 g/mol. The average Bonchev–Trinajstić information content (AvgIpc) is 3.12. The van der Waals surface area contributed by atoms with Crippen molar-refractivity contribution in [2.45, 2.75) is 37.1 Å². The number of rotatable bonds is 8. The van der Waals surface area contributed by atoms with E-state index in [-0.39, 0.29) is 12.2 Å². The third-order valence-corrected chi connectivity index (χ3v) is 3.94. The smallest absolute Gasteiger partial charge is 0.0971 e. The van der Waals surface area contributed by atoms with Gasteiger partial charge in [-0.15, -0.1) is 0 Å². The van der Waals surface area contributed by atoms with Gasteiger partial charge in [0, 0.05) is 53.0 Å². The summed E-state index contributed by atoms with van der Waals surface area (Å²) in [6.07, 6.45) is 2.99. The summed E-state index contributed by atoms with van der Waals surface area (Å²) in [5.41, 5.74) is 0. The molecule has 106 valence electrons. The van der Waals surface area contributed by atoms with E-state index >= 15 is 0 Å². The first-order chi connectivity index (χ1) is 8.78. The molecule has 0 aromatic carbocycles. The second kappa shape index (κ2) is 6.82. The Morgan fingerprint density at radius 1 is 1.11 bits per heavy atom. The van der Waals surface area contributed by atoms with Crippen molar-refractivity contribution in [2.75, 3.05) is 47.6 Å². The van der Waals surface area contributed by atoms with E-state index in [4.69, 9.17) is 14.2 Å². The van der Waals surface area contributed by atoms with Crippen LogP contribution in [0.4, 0.5) is 0 Å². The van der Waals surface area contributed by atoms with Crippen LogP contribution < -0.4 is 5.32 Å². The predicted molar refractivity (Wildman–Crippen MR) is 69.9 cm³/mol. The Morgan fingerprint density at radius 2 is 1.72 bits per heavy atom. The highest BCUT2D eigenvalue weighted by Crippen LogP contribution is 2.21.